The zero-order chi connectivity index (χ0) is 23.4. The van der Waals surface area contributed by atoms with Gasteiger partial charge in [-0.2, -0.15) is 0 Å². The van der Waals surface area contributed by atoms with E-state index in [9.17, 15) is 14.7 Å². The molecule has 0 saturated heterocycles. The van der Waals surface area contributed by atoms with E-state index in [1.165, 1.54) is 10.5 Å². The number of carbonyl (C=O) groups excluding carboxylic acids is 1. The number of hydrogen-bond donors (Lipinski definition) is 1. The summed E-state index contributed by atoms with van der Waals surface area (Å²) in [7, 11) is 0. The number of aryl methyl sites for hydroxylation is 1. The Labute approximate surface area is 194 Å². The highest BCUT2D eigenvalue weighted by molar-refractivity contribution is 5.96. The molecule has 0 bridgehead atoms. The maximum absolute atomic E-state index is 13.3. The molecule has 5 heteroatoms. The van der Waals surface area contributed by atoms with Gasteiger partial charge in [-0.05, 0) is 60.7 Å². The molecule has 33 heavy (non-hydrogen) atoms. The Morgan fingerprint density at radius 1 is 1.03 bits per heavy atom. The number of carboxylic acid groups (broad SMARTS) is 1. The third kappa shape index (κ3) is 5.43. The van der Waals surface area contributed by atoms with Crippen molar-refractivity contribution in [1.82, 2.24) is 4.90 Å². The van der Waals surface area contributed by atoms with Gasteiger partial charge >= 0.3 is 5.97 Å². The average Bonchev–Trinajstić information content (AvgIpc) is 3.12. The number of carbonyl (C=O) groups is 2. The van der Waals surface area contributed by atoms with Gasteiger partial charge in [-0.3, -0.25) is 9.59 Å². The van der Waals surface area contributed by atoms with Gasteiger partial charge in [0.1, 0.15) is 17.9 Å². The van der Waals surface area contributed by atoms with E-state index in [-0.39, 0.29) is 18.1 Å². The molecule has 3 aromatic rings. The van der Waals surface area contributed by atoms with E-state index in [0.717, 1.165) is 28.9 Å². The van der Waals surface area contributed by atoms with Crippen LogP contribution in [0.1, 0.15) is 39.5 Å². The van der Waals surface area contributed by atoms with Crippen LogP contribution >= 0.6 is 0 Å². The first kappa shape index (κ1) is 22.6. The SMILES string of the molecule is Cc1ccccc1CCN(CC(=O)O)C(=O)c1ccc2c(c1)C[C@](C)(Cc1ccccc1)O2. The Morgan fingerprint density at radius 3 is 2.48 bits per heavy atom. The second-order valence-electron chi connectivity index (χ2n) is 9.01. The van der Waals surface area contributed by atoms with Crippen molar-refractivity contribution in [3.05, 3.63) is 101 Å². The van der Waals surface area contributed by atoms with Crippen molar-refractivity contribution < 1.29 is 19.4 Å². The maximum Gasteiger partial charge on any atom is 0.323 e. The van der Waals surface area contributed by atoms with Crippen molar-refractivity contribution >= 4 is 11.9 Å². The molecule has 0 saturated carbocycles. The Kier molecular flexibility index (Phi) is 6.50. The molecule has 170 valence electrons. The van der Waals surface area contributed by atoms with E-state index in [4.69, 9.17) is 4.74 Å². The lowest BCUT2D eigenvalue weighted by molar-refractivity contribution is -0.137. The number of rotatable bonds is 8. The van der Waals surface area contributed by atoms with E-state index in [0.29, 0.717) is 24.9 Å². The minimum absolute atomic E-state index is 0.273. The Hall–Kier alpha value is -3.60. The lowest BCUT2D eigenvalue weighted by Gasteiger charge is -2.24. The van der Waals surface area contributed by atoms with Crippen LogP contribution in [0.3, 0.4) is 0 Å². The standard InChI is InChI=1S/C28H29NO4/c1-20-8-6-7-11-22(20)14-15-29(19-26(30)31)27(32)23-12-13-25-24(16-23)18-28(2,33-25)17-21-9-4-3-5-10-21/h3-13,16H,14-15,17-19H2,1-2H3,(H,30,31)/t28-/m0/s1. The first-order valence-corrected chi connectivity index (χ1v) is 11.2. The molecule has 1 aliphatic rings. The van der Waals surface area contributed by atoms with Gasteiger partial charge < -0.3 is 14.7 Å². The second-order valence-corrected chi connectivity index (χ2v) is 9.01. The number of amides is 1. The number of nitrogens with zero attached hydrogens (tertiary/aromatic N) is 1. The first-order chi connectivity index (χ1) is 15.8. The summed E-state index contributed by atoms with van der Waals surface area (Å²) in [5, 5.41) is 9.38. The molecule has 1 atom stereocenters. The molecule has 0 fully saturated rings. The zero-order valence-corrected chi connectivity index (χ0v) is 19.1. The largest absolute Gasteiger partial charge is 0.487 e. The molecule has 0 aromatic heterocycles. The summed E-state index contributed by atoms with van der Waals surface area (Å²) in [5.74, 6) is -0.506. The summed E-state index contributed by atoms with van der Waals surface area (Å²) in [6, 6.07) is 23.6. The lowest BCUT2D eigenvalue weighted by Crippen LogP contribution is -2.37. The van der Waals surface area contributed by atoms with Crippen LogP contribution in [0.25, 0.3) is 0 Å². The predicted octanol–water partition coefficient (Wildman–Crippen LogP) is 4.70. The van der Waals surface area contributed by atoms with Crippen LogP contribution in [-0.4, -0.2) is 40.6 Å². The molecule has 1 amide bonds. The van der Waals surface area contributed by atoms with Gasteiger partial charge in [0.15, 0.2) is 0 Å². The molecule has 0 spiro atoms. The fourth-order valence-electron chi connectivity index (χ4n) is 4.53. The maximum atomic E-state index is 13.3. The van der Waals surface area contributed by atoms with Crippen molar-refractivity contribution in [2.75, 3.05) is 13.1 Å². The fraction of sp³-hybridized carbons (Fsp3) is 0.286. The Bertz CT molecular complexity index is 1160. The number of ether oxygens (including phenoxy) is 1. The molecule has 0 radical (unpaired) electrons. The minimum Gasteiger partial charge on any atom is -0.487 e. The third-order valence-electron chi connectivity index (χ3n) is 6.17. The van der Waals surface area contributed by atoms with Crippen LogP contribution in [0.2, 0.25) is 0 Å². The fourth-order valence-corrected chi connectivity index (χ4v) is 4.53. The second kappa shape index (κ2) is 9.49. The molecule has 1 N–H and O–H groups in total. The topological polar surface area (TPSA) is 66.8 Å². The van der Waals surface area contributed by atoms with E-state index in [2.05, 4.69) is 19.1 Å². The van der Waals surface area contributed by atoms with Gasteiger partial charge in [-0.1, -0.05) is 54.6 Å². The van der Waals surface area contributed by atoms with Crippen molar-refractivity contribution in [1.29, 1.82) is 0 Å². The lowest BCUT2D eigenvalue weighted by atomic mass is 9.91. The highest BCUT2D eigenvalue weighted by Gasteiger charge is 2.35. The summed E-state index contributed by atoms with van der Waals surface area (Å²) in [6.45, 7) is 4.12. The molecular formula is C28H29NO4. The summed E-state index contributed by atoms with van der Waals surface area (Å²) < 4.78 is 6.26. The van der Waals surface area contributed by atoms with Crippen molar-refractivity contribution in [2.45, 2.75) is 38.7 Å². The van der Waals surface area contributed by atoms with Gasteiger partial charge in [-0.15, -0.1) is 0 Å². The summed E-state index contributed by atoms with van der Waals surface area (Å²) in [5.41, 5.74) is 4.54. The summed E-state index contributed by atoms with van der Waals surface area (Å²) >= 11 is 0. The average molecular weight is 444 g/mol. The first-order valence-electron chi connectivity index (χ1n) is 11.2. The highest BCUT2D eigenvalue weighted by atomic mass is 16.5. The van der Waals surface area contributed by atoms with Gasteiger partial charge in [0.05, 0.1) is 0 Å². The quantitative estimate of drug-likeness (QED) is 0.548. The van der Waals surface area contributed by atoms with E-state index >= 15 is 0 Å². The van der Waals surface area contributed by atoms with E-state index < -0.39 is 5.97 Å². The Morgan fingerprint density at radius 2 is 1.76 bits per heavy atom. The van der Waals surface area contributed by atoms with E-state index in [1.807, 2.05) is 61.5 Å². The Balaban J connectivity index is 1.49. The van der Waals surface area contributed by atoms with Crippen LogP contribution < -0.4 is 4.74 Å². The third-order valence-corrected chi connectivity index (χ3v) is 6.17. The van der Waals surface area contributed by atoms with Gasteiger partial charge in [0.25, 0.3) is 5.91 Å². The molecular weight excluding hydrogens is 414 g/mol. The molecule has 0 aliphatic carbocycles. The van der Waals surface area contributed by atoms with Crippen molar-refractivity contribution in [3.63, 3.8) is 0 Å². The van der Waals surface area contributed by atoms with Gasteiger partial charge in [0.2, 0.25) is 0 Å². The van der Waals surface area contributed by atoms with Crippen LogP contribution in [0, 0.1) is 6.92 Å². The molecule has 1 heterocycles. The van der Waals surface area contributed by atoms with Crippen molar-refractivity contribution in [3.8, 4) is 5.75 Å². The zero-order valence-electron chi connectivity index (χ0n) is 19.1. The van der Waals surface area contributed by atoms with Gasteiger partial charge in [-0.25, -0.2) is 0 Å². The van der Waals surface area contributed by atoms with Crippen molar-refractivity contribution in [2.24, 2.45) is 0 Å². The monoisotopic (exact) mass is 443 g/mol. The van der Waals surface area contributed by atoms with Crippen LogP contribution in [0.4, 0.5) is 0 Å². The van der Waals surface area contributed by atoms with Crippen LogP contribution in [0.5, 0.6) is 5.75 Å². The summed E-state index contributed by atoms with van der Waals surface area (Å²) in [6.07, 6.45) is 2.07. The van der Waals surface area contributed by atoms with Crippen LogP contribution in [-0.2, 0) is 24.1 Å². The number of benzene rings is 3. The van der Waals surface area contributed by atoms with Crippen LogP contribution in [0.15, 0.2) is 72.8 Å². The van der Waals surface area contributed by atoms with E-state index in [1.54, 1.807) is 6.07 Å². The predicted molar refractivity (Wildman–Crippen MR) is 128 cm³/mol. The number of fused-ring (bicyclic) bond motifs is 1. The molecule has 0 unspecified atom stereocenters. The number of carboxylic acids is 1. The molecule has 3 aromatic carbocycles. The molecule has 1 aliphatic heterocycles. The van der Waals surface area contributed by atoms with Gasteiger partial charge in [0, 0.05) is 24.9 Å². The number of hydrogen-bond acceptors (Lipinski definition) is 3. The molecule has 4 rings (SSSR count). The highest BCUT2D eigenvalue weighted by Crippen LogP contribution is 2.37. The minimum atomic E-state index is -1.02. The smallest absolute Gasteiger partial charge is 0.323 e. The number of aliphatic carboxylic acids is 1. The normalized spacial score (nSPS) is 16.7. The summed E-state index contributed by atoms with van der Waals surface area (Å²) in [4.78, 5) is 26.1. The molecule has 5 nitrogen and oxygen atoms in total.